The lowest BCUT2D eigenvalue weighted by atomic mass is 9.89. The Hall–Kier alpha value is -1.73. The Labute approximate surface area is 123 Å². The summed E-state index contributed by atoms with van der Waals surface area (Å²) in [6.07, 6.45) is 4.36. The van der Waals surface area contributed by atoms with Crippen LogP contribution in [0.5, 0.6) is 0 Å². The van der Waals surface area contributed by atoms with Gasteiger partial charge in [-0.1, -0.05) is 0 Å². The van der Waals surface area contributed by atoms with Gasteiger partial charge in [-0.25, -0.2) is 9.97 Å². The molecular formula is C14H21N3O4. The molecule has 2 fully saturated rings. The van der Waals surface area contributed by atoms with E-state index in [2.05, 4.69) is 14.9 Å². The molecule has 0 spiro atoms. The van der Waals surface area contributed by atoms with E-state index in [9.17, 15) is 10.2 Å². The smallest absolute Gasteiger partial charge is 0.290 e. The second-order valence-corrected chi connectivity index (χ2v) is 5.53. The zero-order valence-corrected chi connectivity index (χ0v) is 11.7. The van der Waals surface area contributed by atoms with E-state index < -0.39 is 0 Å². The van der Waals surface area contributed by atoms with Crippen molar-refractivity contribution >= 4 is 12.3 Å². The zero-order chi connectivity index (χ0) is 15.2. The minimum atomic E-state index is -0.250. The van der Waals surface area contributed by atoms with Crippen molar-refractivity contribution in [2.24, 2.45) is 23.7 Å². The molecule has 2 heterocycles. The molecule has 0 amide bonds. The van der Waals surface area contributed by atoms with Gasteiger partial charge in [-0.2, -0.15) is 0 Å². The predicted octanol–water partition coefficient (Wildman–Crippen LogP) is -0.150. The van der Waals surface area contributed by atoms with Crippen molar-refractivity contribution in [3.8, 4) is 0 Å². The van der Waals surface area contributed by atoms with Crippen LogP contribution in [0.4, 0.5) is 5.82 Å². The highest BCUT2D eigenvalue weighted by Gasteiger charge is 2.47. The van der Waals surface area contributed by atoms with Gasteiger partial charge in [-0.15, -0.1) is 0 Å². The SMILES string of the molecule is O=CO.OC[C@H]1C[C@H]2CN(c3ccncn3)C[C@H]2[C@H]1CO. The van der Waals surface area contributed by atoms with Crippen LogP contribution in [0, 0.1) is 23.7 Å². The van der Waals surface area contributed by atoms with Gasteiger partial charge >= 0.3 is 0 Å². The maximum atomic E-state index is 9.52. The standard InChI is InChI=1S/C13H19N3O2.CH2O2/c17-6-10-3-9-4-16(5-11(9)12(10)7-18)13-1-2-14-8-15-13;2-1-3/h1-2,8-12,17-18H,3-7H2;1H,(H,2,3)/t9-,10+,11+,12-;/m0./s1. The van der Waals surface area contributed by atoms with Gasteiger partial charge in [0, 0.05) is 32.5 Å². The molecule has 0 unspecified atom stereocenters. The molecule has 1 aromatic rings. The van der Waals surface area contributed by atoms with Crippen molar-refractivity contribution in [3.05, 3.63) is 18.6 Å². The second kappa shape index (κ2) is 7.33. The third kappa shape index (κ3) is 3.30. The highest BCUT2D eigenvalue weighted by Crippen LogP contribution is 2.46. The Morgan fingerprint density at radius 3 is 2.67 bits per heavy atom. The van der Waals surface area contributed by atoms with Crippen LogP contribution < -0.4 is 4.90 Å². The molecule has 1 saturated carbocycles. The van der Waals surface area contributed by atoms with Crippen LogP contribution in [-0.2, 0) is 4.79 Å². The molecule has 4 atom stereocenters. The van der Waals surface area contributed by atoms with Crippen molar-refractivity contribution < 1.29 is 20.1 Å². The summed E-state index contributed by atoms with van der Waals surface area (Å²) in [7, 11) is 0. The van der Waals surface area contributed by atoms with E-state index in [-0.39, 0.29) is 31.5 Å². The van der Waals surface area contributed by atoms with E-state index in [4.69, 9.17) is 9.90 Å². The molecule has 2 aliphatic rings. The van der Waals surface area contributed by atoms with Crippen LogP contribution >= 0.6 is 0 Å². The molecule has 7 nitrogen and oxygen atoms in total. The third-order valence-corrected chi connectivity index (χ3v) is 4.59. The topological polar surface area (TPSA) is 107 Å². The number of aliphatic hydroxyl groups excluding tert-OH is 2. The van der Waals surface area contributed by atoms with E-state index in [0.717, 1.165) is 25.3 Å². The van der Waals surface area contributed by atoms with E-state index in [1.807, 2.05) is 6.07 Å². The summed E-state index contributed by atoms with van der Waals surface area (Å²) in [6.45, 7) is 2.05. The Morgan fingerprint density at radius 1 is 1.33 bits per heavy atom. The summed E-state index contributed by atoms with van der Waals surface area (Å²) in [5, 5.41) is 25.8. The number of carbonyl (C=O) groups is 1. The molecule has 116 valence electrons. The number of fused-ring (bicyclic) bond motifs is 1. The molecule has 0 bridgehead atoms. The van der Waals surface area contributed by atoms with Gasteiger partial charge < -0.3 is 20.2 Å². The fourth-order valence-corrected chi connectivity index (χ4v) is 3.70. The number of nitrogens with zero attached hydrogens (tertiary/aromatic N) is 3. The first kappa shape index (κ1) is 15.7. The van der Waals surface area contributed by atoms with Gasteiger partial charge in [-0.3, -0.25) is 4.79 Å². The maximum absolute atomic E-state index is 9.52. The molecule has 21 heavy (non-hydrogen) atoms. The minimum Gasteiger partial charge on any atom is -0.483 e. The van der Waals surface area contributed by atoms with Gasteiger partial charge in [-0.05, 0) is 36.2 Å². The first-order chi connectivity index (χ1) is 10.2. The lowest BCUT2D eigenvalue weighted by molar-refractivity contribution is -0.122. The number of aliphatic hydroxyl groups is 2. The van der Waals surface area contributed by atoms with Gasteiger partial charge in [0.2, 0.25) is 0 Å². The summed E-state index contributed by atoms with van der Waals surface area (Å²) in [5.41, 5.74) is 0. The van der Waals surface area contributed by atoms with E-state index in [0.29, 0.717) is 11.8 Å². The number of rotatable bonds is 3. The molecule has 1 aliphatic heterocycles. The highest BCUT2D eigenvalue weighted by molar-refractivity contribution is 5.38. The Bertz CT molecular complexity index is 445. The Morgan fingerprint density at radius 2 is 2.10 bits per heavy atom. The highest BCUT2D eigenvalue weighted by atomic mass is 16.3. The van der Waals surface area contributed by atoms with Crippen LogP contribution in [0.1, 0.15) is 6.42 Å². The normalized spacial score (nSPS) is 30.5. The maximum Gasteiger partial charge on any atom is 0.290 e. The largest absolute Gasteiger partial charge is 0.483 e. The molecular weight excluding hydrogens is 274 g/mol. The number of anilines is 1. The summed E-state index contributed by atoms with van der Waals surface area (Å²) < 4.78 is 0. The lowest BCUT2D eigenvalue weighted by Gasteiger charge is -2.23. The number of hydrogen-bond donors (Lipinski definition) is 3. The molecule has 3 rings (SSSR count). The average molecular weight is 295 g/mol. The minimum absolute atomic E-state index is 0.185. The fourth-order valence-electron chi connectivity index (χ4n) is 3.70. The molecule has 1 aromatic heterocycles. The van der Waals surface area contributed by atoms with Crippen molar-refractivity contribution in [3.63, 3.8) is 0 Å². The molecule has 1 saturated heterocycles. The molecule has 7 heteroatoms. The Balaban J connectivity index is 0.000000497. The molecule has 0 aromatic carbocycles. The van der Waals surface area contributed by atoms with Crippen molar-refractivity contribution in [2.45, 2.75) is 6.42 Å². The molecule has 0 radical (unpaired) electrons. The van der Waals surface area contributed by atoms with E-state index >= 15 is 0 Å². The van der Waals surface area contributed by atoms with Crippen LogP contribution in [0.2, 0.25) is 0 Å². The van der Waals surface area contributed by atoms with E-state index in [1.54, 1.807) is 12.5 Å². The zero-order valence-electron chi connectivity index (χ0n) is 11.7. The fraction of sp³-hybridized carbons (Fsp3) is 0.643. The summed E-state index contributed by atoms with van der Waals surface area (Å²) in [4.78, 5) is 18.8. The first-order valence-electron chi connectivity index (χ1n) is 7.05. The van der Waals surface area contributed by atoms with Crippen LogP contribution in [0.15, 0.2) is 18.6 Å². The predicted molar refractivity (Wildman–Crippen MR) is 75.7 cm³/mol. The number of aromatic nitrogens is 2. The van der Waals surface area contributed by atoms with Gasteiger partial charge in [0.15, 0.2) is 0 Å². The van der Waals surface area contributed by atoms with Crippen LogP contribution in [0.25, 0.3) is 0 Å². The van der Waals surface area contributed by atoms with Crippen molar-refractivity contribution in [1.29, 1.82) is 0 Å². The van der Waals surface area contributed by atoms with E-state index in [1.165, 1.54) is 0 Å². The number of carboxylic acid groups (broad SMARTS) is 1. The molecule has 1 aliphatic carbocycles. The second-order valence-electron chi connectivity index (χ2n) is 5.53. The summed E-state index contributed by atoms with van der Waals surface area (Å²) >= 11 is 0. The first-order valence-corrected chi connectivity index (χ1v) is 7.05. The third-order valence-electron chi connectivity index (χ3n) is 4.59. The summed E-state index contributed by atoms with van der Waals surface area (Å²) in [5.74, 6) is 2.55. The van der Waals surface area contributed by atoms with Gasteiger partial charge in [0.25, 0.3) is 6.47 Å². The van der Waals surface area contributed by atoms with Gasteiger partial charge in [0.05, 0.1) is 0 Å². The Kier molecular flexibility index (Phi) is 5.46. The van der Waals surface area contributed by atoms with Crippen LogP contribution in [0.3, 0.4) is 0 Å². The number of hydrogen-bond acceptors (Lipinski definition) is 6. The average Bonchev–Trinajstić information content (AvgIpc) is 3.05. The monoisotopic (exact) mass is 295 g/mol. The summed E-state index contributed by atoms with van der Waals surface area (Å²) in [6, 6.07) is 1.93. The molecule has 3 N–H and O–H groups in total. The lowest BCUT2D eigenvalue weighted by Crippen LogP contribution is -2.28. The quantitative estimate of drug-likeness (QED) is 0.666. The van der Waals surface area contributed by atoms with Gasteiger partial charge in [0.1, 0.15) is 12.1 Å². The van der Waals surface area contributed by atoms with Crippen molar-refractivity contribution in [1.82, 2.24) is 9.97 Å². The van der Waals surface area contributed by atoms with Crippen LogP contribution in [-0.4, -0.2) is 58.1 Å². The van der Waals surface area contributed by atoms with Crippen molar-refractivity contribution in [2.75, 3.05) is 31.2 Å².